The van der Waals surface area contributed by atoms with E-state index >= 15 is 0 Å². The number of carbonyl (C=O) groups is 3. The minimum atomic E-state index is -1.08. The fourth-order valence-electron chi connectivity index (χ4n) is 3.00. The van der Waals surface area contributed by atoms with Crippen molar-refractivity contribution in [2.75, 3.05) is 12.4 Å². The molecular formula is C22H19N3O5. The fourth-order valence-corrected chi connectivity index (χ4v) is 3.00. The molecule has 1 amide bonds. The summed E-state index contributed by atoms with van der Waals surface area (Å²) >= 11 is 0. The zero-order valence-corrected chi connectivity index (χ0v) is 16.4. The number of hydrogen-bond acceptors (Lipinski definition) is 6. The number of ether oxygens (including phenoxy) is 2. The van der Waals surface area contributed by atoms with E-state index in [0.29, 0.717) is 27.7 Å². The highest BCUT2D eigenvalue weighted by molar-refractivity contribution is 6.04. The third kappa shape index (κ3) is 4.31. The van der Waals surface area contributed by atoms with Gasteiger partial charge in [-0.05, 0) is 25.1 Å². The van der Waals surface area contributed by atoms with E-state index in [-0.39, 0.29) is 6.54 Å². The summed E-state index contributed by atoms with van der Waals surface area (Å²) < 4.78 is 11.6. The Bertz CT molecular complexity index is 1160. The van der Waals surface area contributed by atoms with E-state index < -0.39 is 23.9 Å². The summed E-state index contributed by atoms with van der Waals surface area (Å²) in [5.74, 6) is -1.72. The fraction of sp³-hybridized carbons (Fsp3) is 0.182. The molecular weight excluding hydrogens is 386 g/mol. The predicted molar refractivity (Wildman–Crippen MR) is 109 cm³/mol. The third-order valence-electron chi connectivity index (χ3n) is 4.48. The molecule has 1 aromatic heterocycles. The van der Waals surface area contributed by atoms with E-state index in [9.17, 15) is 14.4 Å². The number of benzene rings is 2. The Balaban J connectivity index is 1.70. The number of rotatable bonds is 6. The number of carbonyl (C=O) groups excluding carboxylic acids is 3. The minimum Gasteiger partial charge on any atom is -0.465 e. The van der Waals surface area contributed by atoms with Crippen molar-refractivity contribution in [2.24, 2.45) is 0 Å². The Morgan fingerprint density at radius 2 is 1.83 bits per heavy atom. The number of nitriles is 1. The molecule has 1 heterocycles. The van der Waals surface area contributed by atoms with Gasteiger partial charge in [-0.25, -0.2) is 4.79 Å². The monoisotopic (exact) mass is 405 g/mol. The molecule has 0 saturated heterocycles. The Morgan fingerprint density at radius 3 is 2.57 bits per heavy atom. The van der Waals surface area contributed by atoms with Gasteiger partial charge in [-0.2, -0.15) is 5.26 Å². The molecule has 1 atom stereocenters. The molecule has 0 aliphatic carbocycles. The van der Waals surface area contributed by atoms with Crippen molar-refractivity contribution >= 4 is 34.4 Å². The normalized spacial score (nSPS) is 11.4. The second-order valence-electron chi connectivity index (χ2n) is 6.46. The lowest BCUT2D eigenvalue weighted by Gasteiger charge is -2.14. The molecule has 0 fully saturated rings. The lowest BCUT2D eigenvalue weighted by Crippen LogP contribution is -2.31. The highest BCUT2D eigenvalue weighted by Crippen LogP contribution is 2.22. The Hall–Kier alpha value is -4.12. The van der Waals surface area contributed by atoms with Gasteiger partial charge < -0.3 is 19.4 Å². The summed E-state index contributed by atoms with van der Waals surface area (Å²) in [6, 6.07) is 15.6. The Labute approximate surface area is 172 Å². The van der Waals surface area contributed by atoms with Crippen LogP contribution in [-0.2, 0) is 25.6 Å². The molecule has 0 unspecified atom stereocenters. The predicted octanol–water partition coefficient (Wildman–Crippen LogP) is 2.87. The molecule has 0 saturated carbocycles. The van der Waals surface area contributed by atoms with Gasteiger partial charge in [0.25, 0.3) is 5.91 Å². The average Bonchev–Trinajstić information content (AvgIpc) is 3.11. The van der Waals surface area contributed by atoms with Crippen LogP contribution in [0.1, 0.15) is 22.8 Å². The molecule has 8 nitrogen and oxygen atoms in total. The zero-order chi connectivity index (χ0) is 21.7. The first-order valence-corrected chi connectivity index (χ1v) is 9.10. The molecule has 1 N–H and O–H groups in total. The average molecular weight is 405 g/mol. The SMILES string of the molecule is COC(=O)c1cn(CC(=O)O[C@@H](C)C(=O)Nc2ccccc2C#N)c2ccccc12. The number of hydrogen-bond donors (Lipinski definition) is 1. The van der Waals surface area contributed by atoms with Gasteiger partial charge in [0, 0.05) is 17.1 Å². The molecule has 3 rings (SSSR count). The van der Waals surface area contributed by atoms with Crippen LogP contribution in [-0.4, -0.2) is 35.6 Å². The molecule has 0 aliphatic rings. The molecule has 8 heteroatoms. The number of para-hydroxylation sites is 2. The Kier molecular flexibility index (Phi) is 6.13. The molecule has 0 aliphatic heterocycles. The van der Waals surface area contributed by atoms with E-state index in [2.05, 4.69) is 5.32 Å². The van der Waals surface area contributed by atoms with Gasteiger partial charge in [-0.15, -0.1) is 0 Å². The maximum atomic E-state index is 12.4. The van der Waals surface area contributed by atoms with Crippen LogP contribution in [0.4, 0.5) is 5.69 Å². The molecule has 3 aromatic rings. The van der Waals surface area contributed by atoms with Crippen LogP contribution in [0.5, 0.6) is 0 Å². The van der Waals surface area contributed by atoms with Crippen molar-refractivity contribution in [1.29, 1.82) is 5.26 Å². The van der Waals surface area contributed by atoms with Crippen LogP contribution >= 0.6 is 0 Å². The number of fused-ring (bicyclic) bond motifs is 1. The molecule has 30 heavy (non-hydrogen) atoms. The smallest absolute Gasteiger partial charge is 0.340 e. The van der Waals surface area contributed by atoms with Crippen molar-refractivity contribution in [1.82, 2.24) is 4.57 Å². The lowest BCUT2D eigenvalue weighted by atomic mass is 10.2. The molecule has 0 radical (unpaired) electrons. The van der Waals surface area contributed by atoms with Crippen molar-refractivity contribution in [3.63, 3.8) is 0 Å². The van der Waals surface area contributed by atoms with Crippen LogP contribution in [0.2, 0.25) is 0 Å². The van der Waals surface area contributed by atoms with Gasteiger partial charge in [-0.1, -0.05) is 30.3 Å². The molecule has 2 aromatic carbocycles. The van der Waals surface area contributed by atoms with Crippen LogP contribution < -0.4 is 5.32 Å². The molecule has 0 spiro atoms. The second kappa shape index (κ2) is 8.92. The minimum absolute atomic E-state index is 0.191. The number of nitrogens with zero attached hydrogens (tertiary/aromatic N) is 2. The quantitative estimate of drug-likeness (QED) is 0.632. The van der Waals surface area contributed by atoms with E-state index in [4.69, 9.17) is 14.7 Å². The second-order valence-corrected chi connectivity index (χ2v) is 6.46. The Morgan fingerprint density at radius 1 is 1.13 bits per heavy atom. The number of amides is 1. The van der Waals surface area contributed by atoms with Crippen LogP contribution in [0.15, 0.2) is 54.7 Å². The summed E-state index contributed by atoms with van der Waals surface area (Å²) in [4.78, 5) is 36.7. The van der Waals surface area contributed by atoms with Gasteiger partial charge in [0.15, 0.2) is 6.10 Å². The van der Waals surface area contributed by atoms with Gasteiger partial charge in [-0.3, -0.25) is 9.59 Å². The third-order valence-corrected chi connectivity index (χ3v) is 4.48. The van der Waals surface area contributed by atoms with Crippen LogP contribution in [0.25, 0.3) is 10.9 Å². The van der Waals surface area contributed by atoms with Crippen molar-refractivity contribution in [3.05, 3.63) is 65.9 Å². The summed E-state index contributed by atoms with van der Waals surface area (Å²) in [7, 11) is 1.29. The van der Waals surface area contributed by atoms with Crippen LogP contribution in [0, 0.1) is 11.3 Å². The summed E-state index contributed by atoms with van der Waals surface area (Å²) in [6.07, 6.45) is 0.442. The van der Waals surface area contributed by atoms with Gasteiger partial charge in [0.2, 0.25) is 0 Å². The van der Waals surface area contributed by atoms with E-state index in [1.54, 1.807) is 53.1 Å². The first-order chi connectivity index (χ1) is 14.4. The summed E-state index contributed by atoms with van der Waals surface area (Å²) in [5.41, 5.74) is 1.64. The zero-order valence-electron chi connectivity index (χ0n) is 16.4. The number of nitrogens with one attached hydrogen (secondary N) is 1. The van der Waals surface area contributed by atoms with Gasteiger partial charge >= 0.3 is 11.9 Å². The topological polar surface area (TPSA) is 110 Å². The van der Waals surface area contributed by atoms with Crippen molar-refractivity contribution < 1.29 is 23.9 Å². The first kappa shape index (κ1) is 20.6. The largest absolute Gasteiger partial charge is 0.465 e. The summed E-state index contributed by atoms with van der Waals surface area (Å²) in [5, 5.41) is 12.3. The van der Waals surface area contributed by atoms with E-state index in [1.807, 2.05) is 6.07 Å². The summed E-state index contributed by atoms with van der Waals surface area (Å²) in [6.45, 7) is 1.25. The van der Waals surface area contributed by atoms with Gasteiger partial charge in [0.1, 0.15) is 12.6 Å². The maximum absolute atomic E-state index is 12.4. The number of methoxy groups -OCH3 is 1. The lowest BCUT2D eigenvalue weighted by molar-refractivity contribution is -0.153. The van der Waals surface area contributed by atoms with Crippen molar-refractivity contribution in [2.45, 2.75) is 19.6 Å². The van der Waals surface area contributed by atoms with Crippen molar-refractivity contribution in [3.8, 4) is 6.07 Å². The first-order valence-electron chi connectivity index (χ1n) is 9.10. The van der Waals surface area contributed by atoms with Gasteiger partial charge in [0.05, 0.1) is 23.9 Å². The van der Waals surface area contributed by atoms with E-state index in [0.717, 1.165) is 0 Å². The molecule has 152 valence electrons. The number of aromatic nitrogens is 1. The number of anilines is 1. The van der Waals surface area contributed by atoms with E-state index in [1.165, 1.54) is 20.2 Å². The highest BCUT2D eigenvalue weighted by Gasteiger charge is 2.21. The molecule has 0 bridgehead atoms. The van der Waals surface area contributed by atoms with Crippen LogP contribution in [0.3, 0.4) is 0 Å². The highest BCUT2D eigenvalue weighted by atomic mass is 16.5. The maximum Gasteiger partial charge on any atom is 0.340 e. The number of esters is 2. The standard InChI is InChI=1S/C22H19N3O5/c1-14(21(27)24-18-9-5-3-7-15(18)11-23)30-20(26)13-25-12-17(22(28)29-2)16-8-4-6-10-19(16)25/h3-10,12,14H,13H2,1-2H3,(H,24,27)/t14-/m0/s1.